The van der Waals surface area contributed by atoms with Gasteiger partial charge in [0.05, 0.1) is 0 Å². The van der Waals surface area contributed by atoms with Gasteiger partial charge in [0.2, 0.25) is 0 Å². The van der Waals surface area contributed by atoms with Gasteiger partial charge in [0.25, 0.3) is 0 Å². The van der Waals surface area contributed by atoms with Crippen molar-refractivity contribution in [2.75, 3.05) is 13.1 Å². The second-order valence-corrected chi connectivity index (χ2v) is 4.16. The summed E-state index contributed by atoms with van der Waals surface area (Å²) in [5.41, 5.74) is 11.2. The highest BCUT2D eigenvalue weighted by Crippen LogP contribution is 2.15. The van der Waals surface area contributed by atoms with Crippen molar-refractivity contribution in [1.29, 1.82) is 0 Å². The van der Waals surface area contributed by atoms with Crippen molar-refractivity contribution >= 4 is 0 Å². The quantitative estimate of drug-likeness (QED) is 0.610. The fraction of sp³-hybridized carbons (Fsp3) is 1.00. The molecule has 0 saturated heterocycles. The predicted octanol–water partition coefficient (Wildman–Crippen LogP) is 2.13. The Morgan fingerprint density at radius 1 is 1.00 bits per heavy atom. The van der Waals surface area contributed by atoms with E-state index in [0.717, 1.165) is 19.0 Å². The number of hydrogen-bond acceptors (Lipinski definition) is 2. The van der Waals surface area contributed by atoms with E-state index < -0.39 is 0 Å². The Morgan fingerprint density at radius 3 is 2.15 bits per heavy atom. The Kier molecular flexibility index (Phi) is 8.46. The molecular formula is C11H26N2. The van der Waals surface area contributed by atoms with Crippen LogP contribution < -0.4 is 11.5 Å². The predicted molar refractivity (Wildman–Crippen MR) is 59.5 cm³/mol. The Bertz CT molecular complexity index is 104. The van der Waals surface area contributed by atoms with Gasteiger partial charge in [-0.05, 0) is 44.2 Å². The molecule has 0 aromatic rings. The molecule has 2 nitrogen and oxygen atoms in total. The van der Waals surface area contributed by atoms with Crippen molar-refractivity contribution in [3.8, 4) is 0 Å². The second-order valence-electron chi connectivity index (χ2n) is 4.16. The van der Waals surface area contributed by atoms with Crippen LogP contribution in [0.5, 0.6) is 0 Å². The Labute approximate surface area is 83.1 Å². The van der Waals surface area contributed by atoms with Gasteiger partial charge in [-0.2, -0.15) is 0 Å². The van der Waals surface area contributed by atoms with Gasteiger partial charge in [0, 0.05) is 0 Å². The van der Waals surface area contributed by atoms with E-state index in [4.69, 9.17) is 11.5 Å². The fourth-order valence-electron chi connectivity index (χ4n) is 1.66. The van der Waals surface area contributed by atoms with Crippen molar-refractivity contribution in [2.24, 2.45) is 23.3 Å². The minimum atomic E-state index is 0.681. The van der Waals surface area contributed by atoms with Crippen molar-refractivity contribution in [1.82, 2.24) is 0 Å². The molecule has 0 saturated carbocycles. The van der Waals surface area contributed by atoms with E-state index in [1.807, 2.05) is 0 Å². The van der Waals surface area contributed by atoms with Crippen LogP contribution in [-0.2, 0) is 0 Å². The summed E-state index contributed by atoms with van der Waals surface area (Å²) in [7, 11) is 0. The third-order valence-corrected chi connectivity index (χ3v) is 2.74. The van der Waals surface area contributed by atoms with Gasteiger partial charge in [-0.15, -0.1) is 0 Å². The third-order valence-electron chi connectivity index (χ3n) is 2.74. The second kappa shape index (κ2) is 8.52. The van der Waals surface area contributed by atoms with Gasteiger partial charge >= 0.3 is 0 Å². The maximum Gasteiger partial charge on any atom is -0.00489 e. The smallest absolute Gasteiger partial charge is 0.00489 e. The van der Waals surface area contributed by atoms with Gasteiger partial charge in [-0.25, -0.2) is 0 Å². The average Bonchev–Trinajstić information content (AvgIpc) is 2.16. The van der Waals surface area contributed by atoms with Crippen LogP contribution in [0.15, 0.2) is 0 Å². The van der Waals surface area contributed by atoms with Crippen molar-refractivity contribution in [3.63, 3.8) is 0 Å². The molecule has 0 fully saturated rings. The van der Waals surface area contributed by atoms with Gasteiger partial charge in [-0.1, -0.05) is 26.7 Å². The van der Waals surface area contributed by atoms with Crippen molar-refractivity contribution in [2.45, 2.75) is 46.0 Å². The summed E-state index contributed by atoms with van der Waals surface area (Å²) in [4.78, 5) is 0. The summed E-state index contributed by atoms with van der Waals surface area (Å²) in [5, 5.41) is 0. The van der Waals surface area contributed by atoms with Crippen LogP contribution in [0.1, 0.15) is 46.0 Å². The Balaban J connectivity index is 3.37. The molecule has 80 valence electrons. The van der Waals surface area contributed by atoms with E-state index >= 15 is 0 Å². The van der Waals surface area contributed by atoms with E-state index in [-0.39, 0.29) is 0 Å². The SMILES string of the molecule is CCCC(CN)CCCC(C)CN. The molecular weight excluding hydrogens is 160 g/mol. The number of rotatable bonds is 8. The highest BCUT2D eigenvalue weighted by molar-refractivity contribution is 4.61. The van der Waals surface area contributed by atoms with E-state index in [1.165, 1.54) is 32.1 Å². The molecule has 2 unspecified atom stereocenters. The Morgan fingerprint density at radius 2 is 1.69 bits per heavy atom. The largest absolute Gasteiger partial charge is 0.330 e. The van der Waals surface area contributed by atoms with E-state index in [2.05, 4.69) is 13.8 Å². The summed E-state index contributed by atoms with van der Waals surface area (Å²) in [6.07, 6.45) is 6.38. The lowest BCUT2D eigenvalue weighted by molar-refractivity contribution is 0.407. The van der Waals surface area contributed by atoms with Crippen LogP contribution in [-0.4, -0.2) is 13.1 Å². The van der Waals surface area contributed by atoms with Gasteiger partial charge in [-0.3, -0.25) is 0 Å². The molecule has 2 atom stereocenters. The molecule has 0 radical (unpaired) electrons. The highest BCUT2D eigenvalue weighted by Gasteiger charge is 2.06. The monoisotopic (exact) mass is 186 g/mol. The van der Waals surface area contributed by atoms with Crippen LogP contribution in [0, 0.1) is 11.8 Å². The van der Waals surface area contributed by atoms with Gasteiger partial charge in [0.15, 0.2) is 0 Å². The van der Waals surface area contributed by atoms with E-state index in [1.54, 1.807) is 0 Å². The molecule has 2 heteroatoms. The lowest BCUT2D eigenvalue weighted by atomic mass is 9.94. The maximum absolute atomic E-state index is 5.68. The zero-order valence-corrected chi connectivity index (χ0v) is 9.26. The molecule has 0 aromatic heterocycles. The lowest BCUT2D eigenvalue weighted by Gasteiger charge is -2.14. The third kappa shape index (κ3) is 7.03. The first-order valence-electron chi connectivity index (χ1n) is 5.64. The van der Waals surface area contributed by atoms with Crippen LogP contribution in [0.4, 0.5) is 0 Å². The molecule has 0 aliphatic rings. The molecule has 4 N–H and O–H groups in total. The van der Waals surface area contributed by atoms with Crippen molar-refractivity contribution in [3.05, 3.63) is 0 Å². The molecule has 0 aliphatic carbocycles. The molecule has 0 aliphatic heterocycles. The summed E-state index contributed by atoms with van der Waals surface area (Å²) >= 11 is 0. The van der Waals surface area contributed by atoms with Crippen LogP contribution in [0.2, 0.25) is 0 Å². The highest BCUT2D eigenvalue weighted by atomic mass is 14.5. The minimum Gasteiger partial charge on any atom is -0.330 e. The van der Waals surface area contributed by atoms with E-state index in [9.17, 15) is 0 Å². The zero-order chi connectivity index (χ0) is 10.1. The van der Waals surface area contributed by atoms with E-state index in [0.29, 0.717) is 5.92 Å². The number of nitrogens with two attached hydrogens (primary N) is 2. The van der Waals surface area contributed by atoms with Crippen LogP contribution in [0.3, 0.4) is 0 Å². The molecule has 0 spiro atoms. The summed E-state index contributed by atoms with van der Waals surface area (Å²) < 4.78 is 0. The molecule has 0 bridgehead atoms. The normalized spacial score (nSPS) is 15.7. The molecule has 13 heavy (non-hydrogen) atoms. The molecule has 0 rings (SSSR count). The lowest BCUT2D eigenvalue weighted by Crippen LogP contribution is -2.15. The van der Waals surface area contributed by atoms with Gasteiger partial charge in [0.1, 0.15) is 0 Å². The van der Waals surface area contributed by atoms with Gasteiger partial charge < -0.3 is 11.5 Å². The fourth-order valence-corrected chi connectivity index (χ4v) is 1.66. The molecule has 0 amide bonds. The number of hydrogen-bond donors (Lipinski definition) is 2. The average molecular weight is 186 g/mol. The first kappa shape index (κ1) is 12.9. The van der Waals surface area contributed by atoms with Crippen LogP contribution >= 0.6 is 0 Å². The maximum atomic E-state index is 5.68. The first-order chi connectivity index (χ1) is 6.24. The topological polar surface area (TPSA) is 52.0 Å². The zero-order valence-electron chi connectivity index (χ0n) is 9.26. The Hall–Kier alpha value is -0.0800. The summed E-state index contributed by atoms with van der Waals surface area (Å²) in [6.45, 7) is 6.12. The van der Waals surface area contributed by atoms with Crippen LogP contribution in [0.25, 0.3) is 0 Å². The van der Waals surface area contributed by atoms with Crippen molar-refractivity contribution < 1.29 is 0 Å². The molecule has 0 heterocycles. The standard InChI is InChI=1S/C11H26N2/c1-3-5-11(9-13)7-4-6-10(2)8-12/h10-11H,3-9,12-13H2,1-2H3. The summed E-state index contributed by atoms with van der Waals surface area (Å²) in [5.74, 6) is 1.43. The summed E-state index contributed by atoms with van der Waals surface area (Å²) in [6, 6.07) is 0. The molecule has 0 aromatic carbocycles. The first-order valence-corrected chi connectivity index (χ1v) is 5.64. The minimum absolute atomic E-state index is 0.681.